The van der Waals surface area contributed by atoms with Crippen molar-refractivity contribution in [2.24, 2.45) is 5.41 Å². The summed E-state index contributed by atoms with van der Waals surface area (Å²) >= 11 is 0. The van der Waals surface area contributed by atoms with Crippen LogP contribution in [0.2, 0.25) is 0 Å². The molecule has 0 saturated heterocycles. The Kier molecular flexibility index (Phi) is 7.50. The van der Waals surface area contributed by atoms with Crippen LogP contribution in [0.25, 0.3) is 12.2 Å². The van der Waals surface area contributed by atoms with Gasteiger partial charge >= 0.3 is 5.97 Å². The third-order valence-corrected chi connectivity index (χ3v) is 4.17. The van der Waals surface area contributed by atoms with Crippen LogP contribution in [0.4, 0.5) is 0 Å². The van der Waals surface area contributed by atoms with E-state index in [9.17, 15) is 4.79 Å². The highest BCUT2D eigenvalue weighted by atomic mass is 16.5. The minimum absolute atomic E-state index is 0.186. The predicted octanol–water partition coefficient (Wildman–Crippen LogP) is 4.84. The Morgan fingerprint density at radius 3 is 2.32 bits per heavy atom. The molecule has 0 aliphatic carbocycles. The molecule has 0 fully saturated rings. The van der Waals surface area contributed by atoms with E-state index < -0.39 is 5.41 Å². The van der Waals surface area contributed by atoms with E-state index in [-0.39, 0.29) is 12.6 Å². The van der Waals surface area contributed by atoms with Crippen LogP contribution >= 0.6 is 0 Å². The van der Waals surface area contributed by atoms with Crippen LogP contribution in [0.5, 0.6) is 17.2 Å². The molecule has 2 aromatic carbocycles. The van der Waals surface area contributed by atoms with Gasteiger partial charge in [0.15, 0.2) is 11.5 Å². The quantitative estimate of drug-likeness (QED) is 0.457. The minimum atomic E-state index is -0.756. The fourth-order valence-corrected chi connectivity index (χ4v) is 2.49. The molecule has 2 aromatic rings. The number of ether oxygens (including phenoxy) is 4. The average molecular weight is 384 g/mol. The Morgan fingerprint density at radius 1 is 0.964 bits per heavy atom. The molecular formula is C23H28O5. The molecule has 0 aliphatic rings. The van der Waals surface area contributed by atoms with E-state index >= 15 is 0 Å². The van der Waals surface area contributed by atoms with Gasteiger partial charge in [-0.25, -0.2) is 0 Å². The van der Waals surface area contributed by atoms with Gasteiger partial charge in [-0.05, 0) is 56.2 Å². The maximum atomic E-state index is 12.1. The summed E-state index contributed by atoms with van der Waals surface area (Å²) in [5.74, 6) is 1.70. The van der Waals surface area contributed by atoms with E-state index in [0.717, 1.165) is 16.9 Å². The second kappa shape index (κ2) is 9.83. The summed E-state index contributed by atoms with van der Waals surface area (Å²) in [4.78, 5) is 12.1. The molecule has 0 unspecified atom stereocenters. The zero-order valence-corrected chi connectivity index (χ0v) is 17.2. The predicted molar refractivity (Wildman–Crippen MR) is 111 cm³/mol. The number of benzene rings is 2. The third-order valence-electron chi connectivity index (χ3n) is 4.17. The number of carbonyl (C=O) groups is 1. The number of rotatable bonds is 9. The smallest absolute Gasteiger partial charge is 0.314 e. The van der Waals surface area contributed by atoms with Gasteiger partial charge in [-0.1, -0.05) is 30.4 Å². The van der Waals surface area contributed by atoms with Gasteiger partial charge in [0.05, 0.1) is 26.2 Å². The van der Waals surface area contributed by atoms with Crippen molar-refractivity contribution in [2.75, 3.05) is 27.4 Å². The van der Waals surface area contributed by atoms with E-state index in [0.29, 0.717) is 18.1 Å². The monoisotopic (exact) mass is 384 g/mol. The van der Waals surface area contributed by atoms with Crippen molar-refractivity contribution in [3.63, 3.8) is 0 Å². The van der Waals surface area contributed by atoms with Gasteiger partial charge in [-0.15, -0.1) is 0 Å². The first-order valence-corrected chi connectivity index (χ1v) is 9.20. The summed E-state index contributed by atoms with van der Waals surface area (Å²) in [5, 5.41) is 0. The molecular weight excluding hydrogens is 356 g/mol. The molecule has 5 heteroatoms. The molecule has 0 spiro atoms. The molecule has 0 radical (unpaired) electrons. The van der Waals surface area contributed by atoms with Gasteiger partial charge in [0, 0.05) is 0 Å². The lowest BCUT2D eigenvalue weighted by molar-refractivity contribution is -0.155. The Hall–Kier alpha value is -2.95. The first kappa shape index (κ1) is 21.4. The second-order valence-corrected chi connectivity index (χ2v) is 6.91. The van der Waals surface area contributed by atoms with Gasteiger partial charge in [0.2, 0.25) is 0 Å². The summed E-state index contributed by atoms with van der Waals surface area (Å²) in [6, 6.07) is 13.5. The first-order chi connectivity index (χ1) is 13.4. The van der Waals surface area contributed by atoms with Crippen molar-refractivity contribution in [3.8, 4) is 17.2 Å². The summed E-state index contributed by atoms with van der Waals surface area (Å²) in [6.07, 6.45) is 3.98. The van der Waals surface area contributed by atoms with E-state index in [1.165, 1.54) is 0 Å². The third kappa shape index (κ3) is 5.78. The van der Waals surface area contributed by atoms with Crippen LogP contribution in [0.15, 0.2) is 42.5 Å². The Morgan fingerprint density at radius 2 is 1.68 bits per heavy atom. The molecule has 0 saturated carbocycles. The summed E-state index contributed by atoms with van der Waals surface area (Å²) in [7, 11) is 3.23. The number of hydrogen-bond acceptors (Lipinski definition) is 5. The Bertz CT molecular complexity index is 823. The first-order valence-electron chi connectivity index (χ1n) is 9.20. The average Bonchev–Trinajstić information content (AvgIpc) is 2.71. The molecule has 0 atom stereocenters. The van der Waals surface area contributed by atoms with Crippen molar-refractivity contribution in [1.82, 2.24) is 0 Å². The molecule has 5 nitrogen and oxygen atoms in total. The number of esters is 1. The molecule has 0 aliphatic heterocycles. The van der Waals surface area contributed by atoms with Crippen molar-refractivity contribution in [2.45, 2.75) is 20.8 Å². The molecule has 0 amide bonds. The fourth-order valence-electron chi connectivity index (χ4n) is 2.49. The lowest BCUT2D eigenvalue weighted by Gasteiger charge is -2.23. The van der Waals surface area contributed by atoms with E-state index in [4.69, 9.17) is 18.9 Å². The highest BCUT2D eigenvalue weighted by Crippen LogP contribution is 2.31. The molecule has 0 heterocycles. The van der Waals surface area contributed by atoms with Crippen LogP contribution < -0.4 is 14.2 Å². The maximum Gasteiger partial charge on any atom is 0.314 e. The standard InChI is InChI=1S/C23H28O5/c1-6-27-22(24)23(2,3)16-28-21-15-18(12-13-20(21)26-5)11-10-17-8-7-9-19(14-17)25-4/h7-15H,6,16H2,1-5H3/b11-10+. The van der Waals surface area contributed by atoms with E-state index in [2.05, 4.69) is 0 Å². The second-order valence-electron chi connectivity index (χ2n) is 6.91. The SMILES string of the molecule is CCOC(=O)C(C)(C)COc1cc(/C=C/c2cccc(OC)c2)ccc1OC. The van der Waals surface area contributed by atoms with Crippen LogP contribution in [-0.4, -0.2) is 33.4 Å². The van der Waals surface area contributed by atoms with Gasteiger partial charge < -0.3 is 18.9 Å². The van der Waals surface area contributed by atoms with E-state index in [1.54, 1.807) is 35.0 Å². The van der Waals surface area contributed by atoms with Gasteiger partial charge in [-0.3, -0.25) is 4.79 Å². The van der Waals surface area contributed by atoms with Crippen molar-refractivity contribution < 1.29 is 23.7 Å². The molecule has 150 valence electrons. The number of methoxy groups -OCH3 is 2. The molecule has 2 rings (SSSR count). The van der Waals surface area contributed by atoms with Crippen LogP contribution in [0.3, 0.4) is 0 Å². The highest BCUT2D eigenvalue weighted by molar-refractivity contribution is 5.76. The van der Waals surface area contributed by atoms with E-state index in [1.807, 2.05) is 54.6 Å². The van der Waals surface area contributed by atoms with Gasteiger partial charge in [0.1, 0.15) is 12.4 Å². The lowest BCUT2D eigenvalue weighted by Crippen LogP contribution is -2.33. The van der Waals surface area contributed by atoms with Crippen LogP contribution in [0, 0.1) is 5.41 Å². The van der Waals surface area contributed by atoms with Gasteiger partial charge in [-0.2, -0.15) is 0 Å². The van der Waals surface area contributed by atoms with Crippen LogP contribution in [-0.2, 0) is 9.53 Å². The molecule has 0 N–H and O–H groups in total. The maximum absolute atomic E-state index is 12.1. The van der Waals surface area contributed by atoms with Crippen molar-refractivity contribution in [1.29, 1.82) is 0 Å². The highest BCUT2D eigenvalue weighted by Gasteiger charge is 2.30. The number of hydrogen-bond donors (Lipinski definition) is 0. The molecule has 28 heavy (non-hydrogen) atoms. The molecule has 0 bridgehead atoms. The summed E-state index contributed by atoms with van der Waals surface area (Å²) in [6.45, 7) is 5.91. The normalized spacial score (nSPS) is 11.3. The Labute approximate surface area is 166 Å². The summed E-state index contributed by atoms with van der Waals surface area (Å²) in [5.41, 5.74) is 1.22. The fraction of sp³-hybridized carbons (Fsp3) is 0.348. The van der Waals surface area contributed by atoms with Crippen LogP contribution in [0.1, 0.15) is 31.9 Å². The largest absolute Gasteiger partial charge is 0.497 e. The van der Waals surface area contributed by atoms with Crippen molar-refractivity contribution in [3.05, 3.63) is 53.6 Å². The van der Waals surface area contributed by atoms with Gasteiger partial charge in [0.25, 0.3) is 0 Å². The lowest BCUT2D eigenvalue weighted by atomic mass is 9.95. The summed E-state index contributed by atoms with van der Waals surface area (Å²) < 4.78 is 21.7. The topological polar surface area (TPSA) is 54.0 Å². The minimum Gasteiger partial charge on any atom is -0.497 e. The zero-order valence-electron chi connectivity index (χ0n) is 17.2. The molecule has 0 aromatic heterocycles. The Balaban J connectivity index is 2.16. The number of carbonyl (C=O) groups excluding carboxylic acids is 1. The van der Waals surface area contributed by atoms with Crippen molar-refractivity contribution >= 4 is 18.1 Å². The zero-order chi connectivity index (χ0) is 20.6.